The van der Waals surface area contributed by atoms with Crippen molar-refractivity contribution in [1.29, 1.82) is 0 Å². The minimum absolute atomic E-state index is 1.16. The molecule has 0 bridgehead atoms. The molecule has 0 amide bonds. The van der Waals surface area contributed by atoms with E-state index in [9.17, 15) is 0 Å². The average Bonchev–Trinajstić information content (AvgIpc) is 3.63. The van der Waals surface area contributed by atoms with Gasteiger partial charge in [-0.05, 0) is 75.6 Å². The van der Waals surface area contributed by atoms with E-state index in [4.69, 9.17) is 0 Å². The summed E-state index contributed by atoms with van der Waals surface area (Å²) in [4.78, 5) is 0. The fourth-order valence-corrected chi connectivity index (χ4v) is 7.63. The molecule has 214 valence electrons. The summed E-state index contributed by atoms with van der Waals surface area (Å²) in [5.74, 6) is 0. The maximum absolute atomic E-state index is 2.49. The Bertz CT molecular complexity index is 2780. The lowest BCUT2D eigenvalue weighted by Gasteiger charge is -2.16. The second-order valence-electron chi connectivity index (χ2n) is 12.2. The van der Waals surface area contributed by atoms with Gasteiger partial charge in [0.25, 0.3) is 0 Å². The standard InChI is InChI=1S/C44H28N2/c1-3-13-29(14-4-1)36-25-31-16-7-8-17-32(31)26-41(36)46-39-22-12-11-21-35(39)37-27-38-43(28-42(37)46)45(33-18-5-2-6-19-33)40-24-23-30-15-9-10-20-34(30)44(38)40/h1-28H. The van der Waals surface area contributed by atoms with Gasteiger partial charge >= 0.3 is 0 Å². The molecule has 2 aromatic heterocycles. The normalized spacial score (nSPS) is 11.9. The van der Waals surface area contributed by atoms with Gasteiger partial charge in [0.2, 0.25) is 0 Å². The van der Waals surface area contributed by atoms with E-state index in [-0.39, 0.29) is 0 Å². The molecule has 2 heteroatoms. The SMILES string of the molecule is c1ccc(-c2cc3ccccc3cc2-n2c3ccccc3c3cc4c5c6ccccc6ccc5n(-c5ccccc5)c4cc32)cc1. The molecule has 10 rings (SSSR count). The van der Waals surface area contributed by atoms with Gasteiger partial charge in [0, 0.05) is 32.8 Å². The first kappa shape index (κ1) is 25.2. The molecule has 46 heavy (non-hydrogen) atoms. The number of para-hydroxylation sites is 2. The molecule has 0 saturated carbocycles. The van der Waals surface area contributed by atoms with Crippen molar-refractivity contribution in [3.05, 3.63) is 170 Å². The Labute approximate surface area is 266 Å². The summed E-state index contributed by atoms with van der Waals surface area (Å²) in [5.41, 5.74) is 9.61. The van der Waals surface area contributed by atoms with E-state index in [0.29, 0.717) is 0 Å². The van der Waals surface area contributed by atoms with Crippen molar-refractivity contribution >= 4 is 65.2 Å². The third-order valence-corrected chi connectivity index (χ3v) is 9.65. The van der Waals surface area contributed by atoms with Crippen LogP contribution in [0.5, 0.6) is 0 Å². The van der Waals surface area contributed by atoms with E-state index in [0.717, 1.165) is 5.69 Å². The third kappa shape index (κ3) is 3.59. The fraction of sp³-hybridized carbons (Fsp3) is 0. The van der Waals surface area contributed by atoms with Crippen molar-refractivity contribution in [2.24, 2.45) is 0 Å². The zero-order valence-corrected chi connectivity index (χ0v) is 25.1. The van der Waals surface area contributed by atoms with Crippen LogP contribution in [0.1, 0.15) is 0 Å². The topological polar surface area (TPSA) is 9.86 Å². The smallest absolute Gasteiger partial charge is 0.0562 e. The Morgan fingerprint density at radius 3 is 1.76 bits per heavy atom. The van der Waals surface area contributed by atoms with E-state index >= 15 is 0 Å². The molecule has 0 saturated heterocycles. The van der Waals surface area contributed by atoms with Crippen LogP contribution in [0.3, 0.4) is 0 Å². The molecule has 8 aromatic carbocycles. The van der Waals surface area contributed by atoms with Crippen molar-refractivity contribution in [2.75, 3.05) is 0 Å². The maximum Gasteiger partial charge on any atom is 0.0562 e. The van der Waals surface area contributed by atoms with Gasteiger partial charge in [-0.3, -0.25) is 0 Å². The molecule has 0 fully saturated rings. The van der Waals surface area contributed by atoms with Crippen molar-refractivity contribution in [2.45, 2.75) is 0 Å². The van der Waals surface area contributed by atoms with Crippen molar-refractivity contribution in [1.82, 2.24) is 9.13 Å². The minimum atomic E-state index is 1.16. The van der Waals surface area contributed by atoms with Gasteiger partial charge in [0.05, 0.1) is 27.8 Å². The predicted octanol–water partition coefficient (Wildman–Crippen LogP) is 11.9. The number of aromatic nitrogens is 2. The van der Waals surface area contributed by atoms with E-state index < -0.39 is 0 Å². The van der Waals surface area contributed by atoms with Gasteiger partial charge in [-0.2, -0.15) is 0 Å². The third-order valence-electron chi connectivity index (χ3n) is 9.65. The molecule has 0 aliphatic rings. The van der Waals surface area contributed by atoms with Crippen LogP contribution < -0.4 is 0 Å². The van der Waals surface area contributed by atoms with Crippen LogP contribution >= 0.6 is 0 Å². The Morgan fingerprint density at radius 1 is 0.326 bits per heavy atom. The van der Waals surface area contributed by atoms with Crippen LogP contribution in [0.4, 0.5) is 0 Å². The van der Waals surface area contributed by atoms with Crippen molar-refractivity contribution in [3.63, 3.8) is 0 Å². The molecule has 0 N–H and O–H groups in total. The summed E-state index contributed by atoms with van der Waals surface area (Å²) < 4.78 is 4.93. The monoisotopic (exact) mass is 584 g/mol. The van der Waals surface area contributed by atoms with E-state index in [1.807, 2.05) is 0 Å². The summed E-state index contributed by atoms with van der Waals surface area (Å²) in [6.07, 6.45) is 0. The lowest BCUT2D eigenvalue weighted by Crippen LogP contribution is -1.98. The Kier molecular flexibility index (Phi) is 5.31. The lowest BCUT2D eigenvalue weighted by molar-refractivity contribution is 1.17. The largest absolute Gasteiger partial charge is 0.309 e. The first-order chi connectivity index (χ1) is 22.8. The molecule has 0 atom stereocenters. The number of rotatable bonds is 3. The van der Waals surface area contributed by atoms with Crippen LogP contribution in [-0.2, 0) is 0 Å². The summed E-state index contributed by atoms with van der Waals surface area (Å²) in [5, 5.41) is 10.1. The van der Waals surface area contributed by atoms with Crippen LogP contribution in [-0.4, -0.2) is 9.13 Å². The van der Waals surface area contributed by atoms with E-state index in [1.165, 1.54) is 82.0 Å². The highest BCUT2D eigenvalue weighted by atomic mass is 15.0. The lowest BCUT2D eigenvalue weighted by atomic mass is 9.98. The summed E-state index contributed by atoms with van der Waals surface area (Å²) in [6.45, 7) is 0. The summed E-state index contributed by atoms with van der Waals surface area (Å²) >= 11 is 0. The number of benzene rings is 8. The molecule has 0 aliphatic heterocycles. The molecule has 0 aliphatic carbocycles. The zero-order chi connectivity index (χ0) is 30.2. The van der Waals surface area contributed by atoms with Gasteiger partial charge in [0.15, 0.2) is 0 Å². The maximum atomic E-state index is 2.49. The van der Waals surface area contributed by atoms with Crippen LogP contribution in [0.2, 0.25) is 0 Å². The van der Waals surface area contributed by atoms with Gasteiger partial charge in [0.1, 0.15) is 0 Å². The Balaban J connectivity index is 1.41. The quantitative estimate of drug-likeness (QED) is 0.195. The molecule has 0 radical (unpaired) electrons. The van der Waals surface area contributed by atoms with Gasteiger partial charge in [-0.15, -0.1) is 0 Å². The van der Waals surface area contributed by atoms with Crippen molar-refractivity contribution in [3.8, 4) is 22.5 Å². The second kappa shape index (κ2) is 9.69. The van der Waals surface area contributed by atoms with Crippen LogP contribution in [0.25, 0.3) is 87.7 Å². The predicted molar refractivity (Wildman–Crippen MR) is 196 cm³/mol. The Morgan fingerprint density at radius 2 is 0.957 bits per heavy atom. The first-order valence-electron chi connectivity index (χ1n) is 15.9. The molecule has 0 spiro atoms. The van der Waals surface area contributed by atoms with E-state index in [2.05, 4.69) is 179 Å². The number of nitrogens with zero attached hydrogens (tertiary/aromatic N) is 2. The number of hydrogen-bond donors (Lipinski definition) is 0. The molecular weight excluding hydrogens is 556 g/mol. The molecule has 2 nitrogen and oxygen atoms in total. The highest BCUT2D eigenvalue weighted by molar-refractivity contribution is 6.25. The van der Waals surface area contributed by atoms with Gasteiger partial charge in [-0.25, -0.2) is 0 Å². The molecular formula is C44H28N2. The fourth-order valence-electron chi connectivity index (χ4n) is 7.63. The van der Waals surface area contributed by atoms with Crippen LogP contribution in [0, 0.1) is 0 Å². The first-order valence-corrected chi connectivity index (χ1v) is 15.9. The molecule has 2 heterocycles. The average molecular weight is 585 g/mol. The summed E-state index contributed by atoms with van der Waals surface area (Å²) in [6, 6.07) is 62.0. The Hall–Kier alpha value is -6.12. The van der Waals surface area contributed by atoms with Gasteiger partial charge < -0.3 is 9.13 Å². The highest BCUT2D eigenvalue weighted by Crippen LogP contribution is 2.43. The minimum Gasteiger partial charge on any atom is -0.309 e. The second-order valence-corrected chi connectivity index (χ2v) is 12.2. The highest BCUT2D eigenvalue weighted by Gasteiger charge is 2.21. The van der Waals surface area contributed by atoms with Crippen molar-refractivity contribution < 1.29 is 0 Å². The number of hydrogen-bond acceptors (Lipinski definition) is 0. The van der Waals surface area contributed by atoms with Crippen LogP contribution in [0.15, 0.2) is 170 Å². The van der Waals surface area contributed by atoms with E-state index in [1.54, 1.807) is 0 Å². The number of fused-ring (bicyclic) bond motifs is 9. The zero-order valence-electron chi connectivity index (χ0n) is 25.1. The summed E-state index contributed by atoms with van der Waals surface area (Å²) in [7, 11) is 0. The molecule has 0 unspecified atom stereocenters. The van der Waals surface area contributed by atoms with Gasteiger partial charge in [-0.1, -0.05) is 121 Å². The molecule has 10 aromatic rings.